The van der Waals surface area contributed by atoms with Gasteiger partial charge in [-0.05, 0) is 51.6 Å². The van der Waals surface area contributed by atoms with Crippen molar-refractivity contribution in [3.8, 4) is 0 Å². The normalized spacial score (nSPS) is 24.8. The number of carbonyl (C=O) groups excluding carboxylic acids is 3. The second-order valence-electron chi connectivity index (χ2n) is 12.3. The molecule has 0 radical (unpaired) electrons. The van der Waals surface area contributed by atoms with Crippen molar-refractivity contribution in [3.63, 3.8) is 0 Å². The predicted octanol–water partition coefficient (Wildman–Crippen LogP) is 8.55. The molecule has 8 rings (SSSR count). The Labute approximate surface area is 279 Å². The van der Waals surface area contributed by atoms with Crippen LogP contribution in [0, 0.1) is 11.8 Å². The van der Waals surface area contributed by atoms with Crippen molar-refractivity contribution in [3.05, 3.63) is 172 Å². The summed E-state index contributed by atoms with van der Waals surface area (Å²) in [6.07, 6.45) is -4.83. The lowest BCUT2D eigenvalue weighted by Gasteiger charge is -2.39. The molecule has 0 aromatic heterocycles. The molecule has 1 saturated carbocycles. The van der Waals surface area contributed by atoms with Gasteiger partial charge in [0, 0.05) is 0 Å². The van der Waals surface area contributed by atoms with Gasteiger partial charge in [0.05, 0.1) is 38.9 Å². The van der Waals surface area contributed by atoms with E-state index in [2.05, 4.69) is 0 Å². The molecule has 2 fully saturated rings. The standard InChI is InChI=1S/C40H25ClF3NO3/c41-30-22-21-28(23-29(30)40(42,43)44)45-35(46)33-34(36(45)47)39(27-19-11-4-12-20-27)32(25-15-7-2-8-16-25)31(24-13-5-1-6-14-24)38(33,37(39)48)26-17-9-3-10-18-26/h1-23,33-34H/t33-,34+,38-,39-/m1/s1. The molecule has 1 heterocycles. The first-order valence-electron chi connectivity index (χ1n) is 15.4. The number of imide groups is 1. The number of alkyl halides is 3. The van der Waals surface area contributed by atoms with E-state index in [9.17, 15) is 22.8 Å². The first-order valence-corrected chi connectivity index (χ1v) is 15.8. The molecule has 1 aliphatic heterocycles. The molecule has 5 aromatic rings. The monoisotopic (exact) mass is 659 g/mol. The average Bonchev–Trinajstić information content (AvgIpc) is 3.61. The smallest absolute Gasteiger partial charge is 0.297 e. The maximum Gasteiger partial charge on any atom is 0.417 e. The summed E-state index contributed by atoms with van der Waals surface area (Å²) in [7, 11) is 0. The van der Waals surface area contributed by atoms with E-state index in [0.717, 1.165) is 17.0 Å². The van der Waals surface area contributed by atoms with Crippen LogP contribution in [0.5, 0.6) is 0 Å². The Hall–Kier alpha value is -5.27. The predicted molar refractivity (Wildman–Crippen MR) is 177 cm³/mol. The minimum Gasteiger partial charge on any atom is -0.297 e. The number of carbonyl (C=O) groups is 3. The number of rotatable bonds is 5. The van der Waals surface area contributed by atoms with Gasteiger partial charge in [0.2, 0.25) is 11.8 Å². The Morgan fingerprint density at radius 3 is 1.35 bits per heavy atom. The zero-order chi connectivity index (χ0) is 33.4. The molecule has 8 heteroatoms. The number of hydrogen-bond acceptors (Lipinski definition) is 3. The van der Waals surface area contributed by atoms with Crippen LogP contribution in [0.25, 0.3) is 11.1 Å². The van der Waals surface area contributed by atoms with E-state index < -0.39 is 51.2 Å². The first kappa shape index (κ1) is 30.1. The second kappa shape index (κ2) is 10.6. The summed E-state index contributed by atoms with van der Waals surface area (Å²) in [5.41, 5.74) is -1.06. The van der Waals surface area contributed by atoms with Gasteiger partial charge in [-0.2, -0.15) is 13.2 Å². The van der Waals surface area contributed by atoms with Crippen LogP contribution in [-0.4, -0.2) is 17.6 Å². The molecule has 236 valence electrons. The van der Waals surface area contributed by atoms with Gasteiger partial charge in [0.15, 0.2) is 5.78 Å². The fourth-order valence-corrected chi connectivity index (χ4v) is 8.68. The molecule has 2 amide bonds. The molecule has 4 nitrogen and oxygen atoms in total. The van der Waals surface area contributed by atoms with Gasteiger partial charge in [0.25, 0.3) is 0 Å². The SMILES string of the molecule is O=C1[C@@H]2[C@H](C(=O)N1c1ccc(Cl)c(C(F)(F)F)c1)[C@]1(c3ccccc3)C(=O)[C@]2(c2ccccc2)C(c2ccccc2)=C1c1ccccc1. The minimum absolute atomic E-state index is 0.253. The third-order valence-corrected chi connectivity index (χ3v) is 10.4. The number of allylic oxidation sites excluding steroid dienone is 2. The fraction of sp³-hybridized carbons (Fsp3) is 0.125. The van der Waals surface area contributed by atoms with Crippen LogP contribution in [0.4, 0.5) is 18.9 Å². The summed E-state index contributed by atoms with van der Waals surface area (Å²) in [4.78, 5) is 46.6. The molecule has 0 unspecified atom stereocenters. The number of anilines is 1. The summed E-state index contributed by atoms with van der Waals surface area (Å²) in [6.45, 7) is 0. The molecule has 2 aliphatic carbocycles. The maximum absolute atomic E-state index is 15.8. The van der Waals surface area contributed by atoms with Crippen molar-refractivity contribution in [2.45, 2.75) is 17.0 Å². The largest absolute Gasteiger partial charge is 0.417 e. The lowest BCUT2D eigenvalue weighted by atomic mass is 9.59. The summed E-state index contributed by atoms with van der Waals surface area (Å²) < 4.78 is 42.1. The fourth-order valence-electron chi connectivity index (χ4n) is 8.46. The van der Waals surface area contributed by atoms with Crippen molar-refractivity contribution in [1.29, 1.82) is 0 Å². The third kappa shape index (κ3) is 3.82. The highest BCUT2D eigenvalue weighted by atomic mass is 35.5. The molecule has 0 N–H and O–H groups in total. The van der Waals surface area contributed by atoms with E-state index in [-0.39, 0.29) is 11.5 Å². The van der Waals surface area contributed by atoms with Crippen LogP contribution in [0.15, 0.2) is 140 Å². The number of amides is 2. The highest BCUT2D eigenvalue weighted by Crippen LogP contribution is 2.74. The van der Waals surface area contributed by atoms with Crippen molar-refractivity contribution in [2.24, 2.45) is 11.8 Å². The molecular formula is C40H25ClF3NO3. The summed E-state index contributed by atoms with van der Waals surface area (Å²) in [5, 5.41) is -0.554. The van der Waals surface area contributed by atoms with Crippen molar-refractivity contribution in [2.75, 3.05) is 4.90 Å². The van der Waals surface area contributed by atoms with E-state index in [4.69, 9.17) is 11.6 Å². The van der Waals surface area contributed by atoms with Gasteiger partial charge < -0.3 is 0 Å². The van der Waals surface area contributed by atoms with Gasteiger partial charge in [0.1, 0.15) is 0 Å². The van der Waals surface area contributed by atoms with Gasteiger partial charge >= 0.3 is 6.18 Å². The summed E-state index contributed by atoms with van der Waals surface area (Å²) >= 11 is 5.95. The average molecular weight is 660 g/mol. The lowest BCUT2D eigenvalue weighted by Crippen LogP contribution is -2.45. The number of Topliss-reactive ketones (excluding diaryl/α,β-unsaturated/α-hetero) is 1. The molecule has 2 bridgehead atoms. The zero-order valence-corrected chi connectivity index (χ0v) is 25.9. The van der Waals surface area contributed by atoms with Crippen molar-refractivity contribution < 1.29 is 27.6 Å². The van der Waals surface area contributed by atoms with Crippen LogP contribution in [-0.2, 0) is 31.4 Å². The summed E-state index contributed by atoms with van der Waals surface area (Å²) in [5.74, 6) is -4.30. The van der Waals surface area contributed by atoms with Crippen molar-refractivity contribution >= 4 is 46.0 Å². The van der Waals surface area contributed by atoms with Crippen LogP contribution >= 0.6 is 11.6 Å². The maximum atomic E-state index is 15.8. The van der Waals surface area contributed by atoms with Gasteiger partial charge in [-0.25, -0.2) is 4.90 Å². The molecule has 1 saturated heterocycles. The molecule has 48 heavy (non-hydrogen) atoms. The molecular weight excluding hydrogens is 635 g/mol. The first-order chi connectivity index (χ1) is 23.1. The molecule has 0 spiro atoms. The number of hydrogen-bond donors (Lipinski definition) is 0. The van der Waals surface area contributed by atoms with E-state index >= 15 is 4.79 Å². The Balaban J connectivity index is 1.52. The number of benzene rings is 5. The number of nitrogens with zero attached hydrogens (tertiary/aromatic N) is 1. The summed E-state index contributed by atoms with van der Waals surface area (Å²) in [6, 6.07) is 39.6. The Kier molecular flexibility index (Phi) is 6.66. The van der Waals surface area contributed by atoms with E-state index in [1.807, 2.05) is 60.7 Å². The van der Waals surface area contributed by atoms with E-state index in [0.29, 0.717) is 33.4 Å². The van der Waals surface area contributed by atoms with E-state index in [1.165, 1.54) is 6.07 Å². The number of ketones is 1. The zero-order valence-electron chi connectivity index (χ0n) is 25.1. The van der Waals surface area contributed by atoms with E-state index in [1.54, 1.807) is 60.7 Å². The van der Waals surface area contributed by atoms with Crippen LogP contribution in [0.2, 0.25) is 5.02 Å². The number of halogens is 4. The van der Waals surface area contributed by atoms with Crippen molar-refractivity contribution in [1.82, 2.24) is 0 Å². The molecule has 3 aliphatic rings. The van der Waals surface area contributed by atoms with Gasteiger partial charge in [-0.15, -0.1) is 0 Å². The second-order valence-corrected chi connectivity index (χ2v) is 12.7. The molecule has 5 aromatic carbocycles. The topological polar surface area (TPSA) is 54.5 Å². The highest BCUT2D eigenvalue weighted by molar-refractivity contribution is 6.39. The van der Waals surface area contributed by atoms with Gasteiger partial charge in [-0.1, -0.05) is 133 Å². The quantitative estimate of drug-likeness (QED) is 0.178. The molecule has 4 atom stereocenters. The van der Waals surface area contributed by atoms with Crippen LogP contribution in [0.3, 0.4) is 0 Å². The van der Waals surface area contributed by atoms with Crippen LogP contribution in [0.1, 0.15) is 27.8 Å². The Morgan fingerprint density at radius 1 is 0.562 bits per heavy atom. The Bertz CT molecular complexity index is 2030. The minimum atomic E-state index is -4.83. The number of fused-ring (bicyclic) bond motifs is 5. The Morgan fingerprint density at radius 2 is 0.958 bits per heavy atom. The van der Waals surface area contributed by atoms with Crippen LogP contribution < -0.4 is 4.90 Å². The highest BCUT2D eigenvalue weighted by Gasteiger charge is 2.82. The third-order valence-electron chi connectivity index (χ3n) is 10.1. The van der Waals surface area contributed by atoms with Gasteiger partial charge in [-0.3, -0.25) is 14.4 Å². The lowest BCUT2D eigenvalue weighted by molar-refractivity contribution is -0.137.